The van der Waals surface area contributed by atoms with Crippen molar-refractivity contribution in [1.29, 1.82) is 0 Å². The van der Waals surface area contributed by atoms with Gasteiger partial charge in [0.15, 0.2) is 23.4 Å². The van der Waals surface area contributed by atoms with E-state index in [2.05, 4.69) is 11.0 Å². The lowest BCUT2D eigenvalue weighted by molar-refractivity contribution is -0.159. The van der Waals surface area contributed by atoms with Gasteiger partial charge in [-0.15, -0.1) is 0 Å². The molecule has 5 atom stereocenters. The second kappa shape index (κ2) is 3.73. The van der Waals surface area contributed by atoms with Crippen molar-refractivity contribution < 1.29 is 19.0 Å². The summed E-state index contributed by atoms with van der Waals surface area (Å²) >= 11 is 0. The molecule has 0 aromatic heterocycles. The van der Waals surface area contributed by atoms with E-state index in [9.17, 15) is 4.79 Å². The summed E-state index contributed by atoms with van der Waals surface area (Å²) in [5.74, 6) is 1.77. The quantitative estimate of drug-likeness (QED) is 0.785. The van der Waals surface area contributed by atoms with Crippen LogP contribution in [0.15, 0.2) is 12.1 Å². The first-order valence-electron chi connectivity index (χ1n) is 8.49. The molecule has 5 aliphatic rings. The Kier molecular flexibility index (Phi) is 2.07. The lowest BCUT2D eigenvalue weighted by Crippen LogP contribution is -2.73. The van der Waals surface area contributed by atoms with E-state index in [-0.39, 0.29) is 16.8 Å². The maximum atomic E-state index is 12.8. The molecule has 3 heterocycles. The molecular weight excluding hydrogens is 294 g/mol. The predicted molar refractivity (Wildman–Crippen MR) is 80.8 cm³/mol. The number of hydrogen-bond donors (Lipinski definition) is 0. The molecule has 0 radical (unpaired) electrons. The van der Waals surface area contributed by atoms with E-state index < -0.39 is 6.10 Å². The fraction of sp³-hybridized carbons (Fsp3) is 0.611. The Bertz CT molecular complexity index is 762. The van der Waals surface area contributed by atoms with E-state index in [0.717, 1.165) is 37.3 Å². The highest BCUT2D eigenvalue weighted by molar-refractivity contribution is 5.90. The first-order valence-corrected chi connectivity index (χ1v) is 8.49. The summed E-state index contributed by atoms with van der Waals surface area (Å²) in [6, 6.07) is 4.52. The third kappa shape index (κ3) is 1.13. The van der Waals surface area contributed by atoms with Crippen molar-refractivity contribution in [3.05, 3.63) is 23.3 Å². The van der Waals surface area contributed by atoms with Gasteiger partial charge in [0.05, 0.1) is 12.5 Å². The van der Waals surface area contributed by atoms with E-state index >= 15 is 0 Å². The molecule has 0 amide bonds. The molecule has 120 valence electrons. The average molecular weight is 313 g/mol. The summed E-state index contributed by atoms with van der Waals surface area (Å²) < 4.78 is 18.3. The third-order valence-corrected chi connectivity index (χ3v) is 7.02. The first-order chi connectivity index (χ1) is 11.2. The third-order valence-electron chi connectivity index (χ3n) is 7.02. The molecule has 3 aliphatic heterocycles. The van der Waals surface area contributed by atoms with Gasteiger partial charge in [0.2, 0.25) is 0 Å². The number of methoxy groups -OCH3 is 1. The number of nitrogens with zero attached hydrogens (tertiary/aromatic N) is 1. The van der Waals surface area contributed by atoms with Gasteiger partial charge in [-0.2, -0.15) is 0 Å². The molecule has 1 aromatic carbocycles. The molecule has 5 nitrogen and oxygen atoms in total. The molecule has 3 fully saturated rings. The van der Waals surface area contributed by atoms with Crippen molar-refractivity contribution >= 4 is 5.78 Å². The van der Waals surface area contributed by atoms with E-state index in [1.54, 1.807) is 7.11 Å². The number of rotatable bonds is 1. The zero-order valence-corrected chi connectivity index (χ0v) is 13.1. The molecule has 23 heavy (non-hydrogen) atoms. The predicted octanol–water partition coefficient (Wildman–Crippen LogP) is 1.41. The normalized spacial score (nSPS) is 44.7. The van der Waals surface area contributed by atoms with Gasteiger partial charge in [-0.1, -0.05) is 6.07 Å². The van der Waals surface area contributed by atoms with Crippen LogP contribution in [0, 0.1) is 0 Å². The molecule has 1 unspecified atom stereocenters. The van der Waals surface area contributed by atoms with Gasteiger partial charge in [-0.05, 0) is 30.9 Å². The van der Waals surface area contributed by atoms with Crippen LogP contribution in [0.3, 0.4) is 0 Å². The standard InChI is InChI=1S/C18H19NO4/c1-21-12-3-2-10-8-13-18-5-4-11(20)16-17(18,14(10)15(12)23-16)6-7-19(13)9-22-18/h2-3,13,16H,4-9H2,1H3/t13-,16+,17+,18-/m1/s1. The van der Waals surface area contributed by atoms with Crippen molar-refractivity contribution in [2.24, 2.45) is 0 Å². The molecular formula is C18H19NO4. The SMILES string of the molecule is COc1ccc2c3c1O[C@H]1C(=O)CC[C@]45OCN(CC[C@]314)[C@@H]5C2. The summed E-state index contributed by atoms with van der Waals surface area (Å²) in [5, 5.41) is 0. The Labute approximate surface area is 134 Å². The Morgan fingerprint density at radius 3 is 3.13 bits per heavy atom. The van der Waals surface area contributed by atoms with Crippen molar-refractivity contribution in [3.63, 3.8) is 0 Å². The van der Waals surface area contributed by atoms with Gasteiger partial charge in [-0.3, -0.25) is 9.69 Å². The zero-order chi connectivity index (χ0) is 15.4. The number of hydrogen-bond acceptors (Lipinski definition) is 5. The smallest absolute Gasteiger partial charge is 0.174 e. The zero-order valence-electron chi connectivity index (χ0n) is 13.1. The van der Waals surface area contributed by atoms with Crippen LogP contribution in [0.1, 0.15) is 30.4 Å². The molecule has 1 saturated carbocycles. The minimum Gasteiger partial charge on any atom is -0.493 e. The highest BCUT2D eigenvalue weighted by Crippen LogP contribution is 2.67. The Morgan fingerprint density at radius 2 is 2.26 bits per heavy atom. The van der Waals surface area contributed by atoms with E-state index in [1.807, 2.05) is 6.07 Å². The molecule has 6 rings (SSSR count). The van der Waals surface area contributed by atoms with Gasteiger partial charge in [0.1, 0.15) is 12.3 Å². The maximum Gasteiger partial charge on any atom is 0.174 e. The summed E-state index contributed by atoms with van der Waals surface area (Å²) in [6.07, 6.45) is 2.90. The monoisotopic (exact) mass is 313 g/mol. The van der Waals surface area contributed by atoms with Crippen molar-refractivity contribution in [2.45, 2.75) is 48.8 Å². The maximum absolute atomic E-state index is 12.8. The number of benzene rings is 1. The molecule has 4 bridgehead atoms. The van der Waals surface area contributed by atoms with Crippen molar-refractivity contribution in [2.75, 3.05) is 20.4 Å². The van der Waals surface area contributed by atoms with Crippen LogP contribution in [-0.2, 0) is 21.4 Å². The fourth-order valence-corrected chi connectivity index (χ4v) is 6.18. The van der Waals surface area contributed by atoms with Crippen molar-refractivity contribution in [3.8, 4) is 11.5 Å². The van der Waals surface area contributed by atoms with Crippen LogP contribution in [0.25, 0.3) is 0 Å². The Morgan fingerprint density at radius 1 is 1.35 bits per heavy atom. The highest BCUT2D eigenvalue weighted by atomic mass is 16.6. The number of ketones is 1. The van der Waals surface area contributed by atoms with Gasteiger partial charge in [-0.25, -0.2) is 0 Å². The highest BCUT2D eigenvalue weighted by Gasteiger charge is 2.76. The first kappa shape index (κ1) is 12.8. The molecule has 2 aliphatic carbocycles. The van der Waals surface area contributed by atoms with Crippen LogP contribution in [-0.4, -0.2) is 48.8 Å². The fourth-order valence-electron chi connectivity index (χ4n) is 6.18. The van der Waals surface area contributed by atoms with E-state index in [1.165, 1.54) is 11.1 Å². The minimum absolute atomic E-state index is 0.226. The molecule has 2 spiro atoms. The van der Waals surface area contributed by atoms with E-state index in [0.29, 0.717) is 19.2 Å². The average Bonchev–Trinajstić information content (AvgIpc) is 3.02. The topological polar surface area (TPSA) is 48.0 Å². The van der Waals surface area contributed by atoms with Crippen LogP contribution in [0.2, 0.25) is 0 Å². The van der Waals surface area contributed by atoms with Gasteiger partial charge in [0.25, 0.3) is 0 Å². The van der Waals surface area contributed by atoms with Crippen molar-refractivity contribution in [1.82, 2.24) is 4.90 Å². The summed E-state index contributed by atoms with van der Waals surface area (Å²) in [5.41, 5.74) is 1.97. The van der Waals surface area contributed by atoms with Gasteiger partial charge < -0.3 is 14.2 Å². The van der Waals surface area contributed by atoms with Gasteiger partial charge in [0, 0.05) is 24.6 Å². The molecule has 1 aromatic rings. The largest absolute Gasteiger partial charge is 0.493 e. The minimum atomic E-state index is -0.399. The van der Waals surface area contributed by atoms with E-state index in [4.69, 9.17) is 14.2 Å². The lowest BCUT2D eigenvalue weighted by atomic mass is 9.49. The van der Waals surface area contributed by atoms with Crippen LogP contribution in [0.4, 0.5) is 0 Å². The second-order valence-corrected chi connectivity index (χ2v) is 7.51. The second-order valence-electron chi connectivity index (χ2n) is 7.51. The number of carbonyl (C=O) groups is 1. The molecule has 5 heteroatoms. The number of ether oxygens (including phenoxy) is 3. The van der Waals surface area contributed by atoms with Crippen LogP contribution in [0.5, 0.6) is 11.5 Å². The number of Topliss-reactive ketones (excluding diaryl/α,β-unsaturated/α-hetero) is 1. The van der Waals surface area contributed by atoms with Crippen LogP contribution >= 0.6 is 0 Å². The summed E-state index contributed by atoms with van der Waals surface area (Å²) in [4.78, 5) is 15.2. The Balaban J connectivity index is 1.72. The number of piperidine rings is 1. The van der Waals surface area contributed by atoms with Gasteiger partial charge >= 0.3 is 0 Å². The van der Waals surface area contributed by atoms with Crippen LogP contribution < -0.4 is 9.47 Å². The molecule has 2 saturated heterocycles. The summed E-state index contributed by atoms with van der Waals surface area (Å²) in [6.45, 7) is 1.67. The Hall–Kier alpha value is -1.59. The summed E-state index contributed by atoms with van der Waals surface area (Å²) in [7, 11) is 1.67. The lowest BCUT2D eigenvalue weighted by Gasteiger charge is -2.59. The molecule has 0 N–H and O–H groups in total. The number of carbonyl (C=O) groups excluding carboxylic acids is 1.